The fraction of sp³-hybridized carbons (Fsp3) is 0.583. The lowest BCUT2D eigenvalue weighted by Crippen LogP contribution is -2.36. The Morgan fingerprint density at radius 1 is 1.25 bits per heavy atom. The summed E-state index contributed by atoms with van der Waals surface area (Å²) in [6.07, 6.45) is 6.89. The zero-order valence-electron chi connectivity index (χ0n) is 9.81. The Morgan fingerprint density at radius 2 is 1.81 bits per heavy atom. The summed E-state index contributed by atoms with van der Waals surface area (Å²) in [5.41, 5.74) is 1.07. The second-order valence-corrected chi connectivity index (χ2v) is 4.44. The van der Waals surface area contributed by atoms with Crippen molar-refractivity contribution in [2.75, 3.05) is 11.9 Å². The molecule has 1 aromatic heterocycles. The van der Waals surface area contributed by atoms with Crippen molar-refractivity contribution in [2.24, 2.45) is 0 Å². The number of rotatable bonds is 2. The third-order valence-corrected chi connectivity index (χ3v) is 3.14. The summed E-state index contributed by atoms with van der Waals surface area (Å²) < 4.78 is 0. The molecule has 0 amide bonds. The van der Waals surface area contributed by atoms with Gasteiger partial charge in [-0.3, -0.25) is 4.79 Å². The highest BCUT2D eigenvalue weighted by molar-refractivity contribution is 5.79. The second-order valence-electron chi connectivity index (χ2n) is 4.44. The van der Waals surface area contributed by atoms with Gasteiger partial charge in [0, 0.05) is 38.3 Å². The van der Waals surface area contributed by atoms with Gasteiger partial charge in [0.05, 0.1) is 0 Å². The fourth-order valence-electron chi connectivity index (χ4n) is 2.04. The number of nitrogens with zero attached hydrogens (tertiary/aromatic N) is 3. The van der Waals surface area contributed by atoms with Crippen molar-refractivity contribution in [1.29, 1.82) is 0 Å². The number of ketones is 1. The Kier molecular flexibility index (Phi) is 3.17. The van der Waals surface area contributed by atoms with E-state index >= 15 is 0 Å². The Balaban J connectivity index is 2.04. The largest absolute Gasteiger partial charge is 0.341 e. The van der Waals surface area contributed by atoms with E-state index in [1.54, 1.807) is 0 Å². The lowest BCUT2D eigenvalue weighted by Gasteiger charge is -2.30. The molecule has 0 unspecified atom stereocenters. The summed E-state index contributed by atoms with van der Waals surface area (Å²) in [6, 6.07) is 0.403. The molecule has 4 nitrogen and oxygen atoms in total. The van der Waals surface area contributed by atoms with Crippen molar-refractivity contribution in [2.45, 2.75) is 38.6 Å². The Labute approximate surface area is 95.7 Å². The highest BCUT2D eigenvalue weighted by Crippen LogP contribution is 2.22. The summed E-state index contributed by atoms with van der Waals surface area (Å²) in [4.78, 5) is 21.9. The quantitative estimate of drug-likeness (QED) is 0.760. The molecule has 2 rings (SSSR count). The van der Waals surface area contributed by atoms with E-state index in [1.165, 1.54) is 0 Å². The zero-order valence-corrected chi connectivity index (χ0v) is 9.81. The Bertz CT molecular complexity index is 364. The van der Waals surface area contributed by atoms with Gasteiger partial charge in [-0.2, -0.15) is 0 Å². The molecule has 0 spiro atoms. The molecule has 0 atom stereocenters. The summed E-state index contributed by atoms with van der Waals surface area (Å²) in [5.74, 6) is 1.14. The number of hydrogen-bond acceptors (Lipinski definition) is 4. The van der Waals surface area contributed by atoms with E-state index in [9.17, 15) is 4.79 Å². The first-order valence-corrected chi connectivity index (χ1v) is 5.70. The molecule has 0 radical (unpaired) electrons. The number of carbonyl (C=O) groups is 1. The highest BCUT2D eigenvalue weighted by atomic mass is 16.1. The minimum Gasteiger partial charge on any atom is -0.341 e. The van der Waals surface area contributed by atoms with Crippen molar-refractivity contribution in [1.82, 2.24) is 9.97 Å². The van der Waals surface area contributed by atoms with Crippen LogP contribution in [0.15, 0.2) is 12.4 Å². The van der Waals surface area contributed by atoms with Crippen LogP contribution in [-0.4, -0.2) is 28.8 Å². The molecule has 16 heavy (non-hydrogen) atoms. The Morgan fingerprint density at radius 3 is 2.38 bits per heavy atom. The van der Waals surface area contributed by atoms with Crippen LogP contribution in [0.25, 0.3) is 0 Å². The predicted octanol–water partition coefficient (Wildman–Crippen LogP) is 1.73. The molecular weight excluding hydrogens is 202 g/mol. The van der Waals surface area contributed by atoms with Crippen LogP contribution in [0.2, 0.25) is 0 Å². The number of Topliss-reactive ketones (excluding diaryl/α,β-unsaturated/α-hetero) is 1. The van der Waals surface area contributed by atoms with Gasteiger partial charge in [-0.25, -0.2) is 9.97 Å². The fourth-order valence-corrected chi connectivity index (χ4v) is 2.04. The number of aryl methyl sites for hydroxylation is 1. The molecule has 0 N–H and O–H groups in total. The van der Waals surface area contributed by atoms with Gasteiger partial charge in [-0.15, -0.1) is 0 Å². The third-order valence-electron chi connectivity index (χ3n) is 3.14. The summed E-state index contributed by atoms with van der Waals surface area (Å²) in [7, 11) is 2.01. The van der Waals surface area contributed by atoms with Crippen molar-refractivity contribution in [3.8, 4) is 0 Å². The van der Waals surface area contributed by atoms with Gasteiger partial charge in [0.25, 0.3) is 0 Å². The maximum atomic E-state index is 11.2. The first-order chi connectivity index (χ1) is 7.66. The van der Waals surface area contributed by atoms with Gasteiger partial charge in [0.2, 0.25) is 5.95 Å². The van der Waals surface area contributed by atoms with Crippen LogP contribution < -0.4 is 4.90 Å². The second kappa shape index (κ2) is 4.60. The molecular formula is C12H17N3O. The molecule has 1 aliphatic carbocycles. The van der Waals surface area contributed by atoms with Crippen LogP contribution in [0.4, 0.5) is 5.95 Å². The monoisotopic (exact) mass is 219 g/mol. The smallest absolute Gasteiger partial charge is 0.225 e. The van der Waals surface area contributed by atoms with Crippen LogP contribution in [0.3, 0.4) is 0 Å². The zero-order chi connectivity index (χ0) is 11.5. The van der Waals surface area contributed by atoms with Gasteiger partial charge in [-0.05, 0) is 25.3 Å². The maximum Gasteiger partial charge on any atom is 0.225 e. The minimum atomic E-state index is 0.384. The average Bonchev–Trinajstić information content (AvgIpc) is 2.30. The molecule has 1 saturated carbocycles. The van der Waals surface area contributed by atoms with E-state index in [1.807, 2.05) is 26.4 Å². The van der Waals surface area contributed by atoms with Gasteiger partial charge in [0.1, 0.15) is 5.78 Å². The molecule has 0 saturated heterocycles. The molecule has 1 heterocycles. The highest BCUT2D eigenvalue weighted by Gasteiger charge is 2.23. The van der Waals surface area contributed by atoms with Crippen molar-refractivity contribution >= 4 is 11.7 Å². The summed E-state index contributed by atoms with van der Waals surface area (Å²) in [6.45, 7) is 1.98. The SMILES string of the molecule is Cc1cnc(N(C)C2CCC(=O)CC2)nc1. The standard InChI is InChI=1S/C12H17N3O/c1-9-7-13-12(14-8-9)15(2)10-3-5-11(16)6-4-10/h7-8,10H,3-6H2,1-2H3. The molecule has 0 aliphatic heterocycles. The van der Waals surface area contributed by atoms with E-state index in [-0.39, 0.29) is 0 Å². The first-order valence-electron chi connectivity index (χ1n) is 5.70. The Hall–Kier alpha value is -1.45. The van der Waals surface area contributed by atoms with Crippen LogP contribution in [-0.2, 0) is 4.79 Å². The maximum absolute atomic E-state index is 11.2. The van der Waals surface area contributed by atoms with E-state index in [4.69, 9.17) is 0 Å². The topological polar surface area (TPSA) is 46.1 Å². The van der Waals surface area contributed by atoms with Gasteiger partial charge >= 0.3 is 0 Å². The molecule has 0 aromatic carbocycles. The van der Waals surface area contributed by atoms with E-state index in [0.29, 0.717) is 24.7 Å². The van der Waals surface area contributed by atoms with Crippen LogP contribution >= 0.6 is 0 Å². The van der Waals surface area contributed by atoms with E-state index < -0.39 is 0 Å². The average molecular weight is 219 g/mol. The molecule has 1 fully saturated rings. The van der Waals surface area contributed by atoms with Crippen LogP contribution in [0, 0.1) is 6.92 Å². The van der Waals surface area contributed by atoms with Crippen molar-refractivity contribution < 1.29 is 4.79 Å². The van der Waals surface area contributed by atoms with Crippen LogP contribution in [0.1, 0.15) is 31.2 Å². The predicted molar refractivity (Wildman–Crippen MR) is 62.4 cm³/mol. The van der Waals surface area contributed by atoms with E-state index in [2.05, 4.69) is 14.9 Å². The van der Waals surface area contributed by atoms with Crippen molar-refractivity contribution in [3.63, 3.8) is 0 Å². The third kappa shape index (κ3) is 2.38. The summed E-state index contributed by atoms with van der Waals surface area (Å²) in [5, 5.41) is 0. The van der Waals surface area contributed by atoms with E-state index in [0.717, 1.165) is 24.4 Å². The normalized spacial score (nSPS) is 17.5. The summed E-state index contributed by atoms with van der Waals surface area (Å²) >= 11 is 0. The number of anilines is 1. The molecule has 86 valence electrons. The lowest BCUT2D eigenvalue weighted by molar-refractivity contribution is -0.120. The number of hydrogen-bond donors (Lipinski definition) is 0. The minimum absolute atomic E-state index is 0.384. The molecule has 4 heteroatoms. The van der Waals surface area contributed by atoms with Crippen LogP contribution in [0.5, 0.6) is 0 Å². The number of aromatic nitrogens is 2. The van der Waals surface area contributed by atoms with Crippen molar-refractivity contribution in [3.05, 3.63) is 18.0 Å². The lowest BCUT2D eigenvalue weighted by atomic mass is 9.93. The first kappa shape index (κ1) is 11.0. The molecule has 1 aliphatic rings. The number of carbonyl (C=O) groups excluding carboxylic acids is 1. The van der Waals surface area contributed by atoms with Gasteiger partial charge in [-0.1, -0.05) is 0 Å². The van der Waals surface area contributed by atoms with Gasteiger partial charge in [0.15, 0.2) is 0 Å². The molecule has 0 bridgehead atoms. The molecule has 1 aromatic rings. The van der Waals surface area contributed by atoms with Gasteiger partial charge < -0.3 is 4.90 Å².